The van der Waals surface area contributed by atoms with Crippen molar-refractivity contribution in [1.29, 1.82) is 0 Å². The van der Waals surface area contributed by atoms with E-state index >= 15 is 0 Å². The van der Waals surface area contributed by atoms with E-state index in [4.69, 9.17) is 9.84 Å². The van der Waals surface area contributed by atoms with Gasteiger partial charge in [0.15, 0.2) is 0 Å². The second kappa shape index (κ2) is 6.65. The number of aliphatic hydroxyl groups is 1. The molecule has 0 heterocycles. The lowest BCUT2D eigenvalue weighted by Crippen LogP contribution is -2.45. The van der Waals surface area contributed by atoms with Gasteiger partial charge < -0.3 is 9.84 Å². The maximum atomic E-state index is 12.2. The zero-order valence-corrected chi connectivity index (χ0v) is 11.3. The zero-order chi connectivity index (χ0) is 12.9. The van der Waals surface area contributed by atoms with E-state index in [1.54, 1.807) is 14.2 Å². The van der Waals surface area contributed by atoms with Crippen molar-refractivity contribution in [3.05, 3.63) is 0 Å². The summed E-state index contributed by atoms with van der Waals surface area (Å²) in [6.45, 7) is 1.15. The molecule has 0 aliphatic heterocycles. The Kier molecular flexibility index (Phi) is 5.81. The van der Waals surface area contributed by atoms with Crippen LogP contribution in [0.2, 0.25) is 0 Å². The summed E-state index contributed by atoms with van der Waals surface area (Å²) >= 11 is 0. The highest BCUT2D eigenvalue weighted by Gasteiger charge is 2.38. The Morgan fingerprint density at radius 2 is 2.00 bits per heavy atom. The topological polar surface area (TPSA) is 70.1 Å². The second-order valence-electron chi connectivity index (χ2n) is 4.24. The van der Waals surface area contributed by atoms with Crippen molar-refractivity contribution in [1.82, 2.24) is 8.61 Å². The summed E-state index contributed by atoms with van der Waals surface area (Å²) in [5, 5.41) is 8.73. The molecule has 1 rings (SSSR count). The molecule has 6 nitrogen and oxygen atoms in total. The van der Waals surface area contributed by atoms with Crippen LogP contribution in [0.1, 0.15) is 19.3 Å². The molecule has 0 amide bonds. The van der Waals surface area contributed by atoms with Crippen LogP contribution in [0.25, 0.3) is 0 Å². The number of aliphatic hydroxyl groups excluding tert-OH is 1. The third-order valence-corrected chi connectivity index (χ3v) is 4.84. The van der Waals surface area contributed by atoms with Crippen molar-refractivity contribution in [2.75, 3.05) is 40.5 Å². The molecule has 7 heteroatoms. The SMILES string of the molecule is COCCN(C1CC1)S(=O)(=O)N(C)CCCO. The van der Waals surface area contributed by atoms with Crippen molar-refractivity contribution in [2.45, 2.75) is 25.3 Å². The fourth-order valence-corrected chi connectivity index (χ4v) is 3.23. The molecule has 0 bridgehead atoms. The van der Waals surface area contributed by atoms with E-state index in [9.17, 15) is 8.42 Å². The normalized spacial score (nSPS) is 17.0. The van der Waals surface area contributed by atoms with Crippen molar-refractivity contribution < 1.29 is 18.3 Å². The standard InChI is InChI=1S/C10H22N2O4S/c1-11(6-3-8-13)17(14,15)12(7-9-16-2)10-4-5-10/h10,13H,3-9H2,1-2H3. The highest BCUT2D eigenvalue weighted by atomic mass is 32.2. The van der Waals surface area contributed by atoms with Gasteiger partial charge in [-0.05, 0) is 19.3 Å². The van der Waals surface area contributed by atoms with E-state index in [0.717, 1.165) is 12.8 Å². The van der Waals surface area contributed by atoms with E-state index < -0.39 is 10.2 Å². The van der Waals surface area contributed by atoms with Gasteiger partial charge >= 0.3 is 0 Å². The molecule has 0 unspecified atom stereocenters. The predicted molar refractivity (Wildman–Crippen MR) is 64.9 cm³/mol. The summed E-state index contributed by atoms with van der Waals surface area (Å²) in [6.07, 6.45) is 2.31. The van der Waals surface area contributed by atoms with Gasteiger partial charge in [0.1, 0.15) is 0 Å². The first-order valence-electron chi connectivity index (χ1n) is 5.87. The molecule has 1 saturated carbocycles. The Morgan fingerprint density at radius 1 is 1.35 bits per heavy atom. The van der Waals surface area contributed by atoms with Gasteiger partial charge in [-0.15, -0.1) is 0 Å². The zero-order valence-electron chi connectivity index (χ0n) is 10.5. The maximum absolute atomic E-state index is 12.2. The molecule has 17 heavy (non-hydrogen) atoms. The second-order valence-corrected chi connectivity index (χ2v) is 6.23. The average molecular weight is 266 g/mol. The molecule has 0 atom stereocenters. The van der Waals surface area contributed by atoms with Gasteiger partial charge in [-0.25, -0.2) is 0 Å². The number of nitrogens with zero attached hydrogens (tertiary/aromatic N) is 2. The number of hydrogen-bond acceptors (Lipinski definition) is 4. The summed E-state index contributed by atoms with van der Waals surface area (Å²) in [5.41, 5.74) is 0. The number of methoxy groups -OCH3 is 1. The highest BCUT2D eigenvalue weighted by Crippen LogP contribution is 2.29. The molecule has 1 aliphatic rings. The van der Waals surface area contributed by atoms with Crippen LogP contribution in [0.3, 0.4) is 0 Å². The van der Waals surface area contributed by atoms with E-state index in [0.29, 0.717) is 26.1 Å². The third-order valence-electron chi connectivity index (χ3n) is 2.79. The molecular formula is C10H22N2O4S. The number of rotatable bonds is 9. The first-order chi connectivity index (χ1) is 8.04. The summed E-state index contributed by atoms with van der Waals surface area (Å²) < 4.78 is 32.2. The molecule has 0 radical (unpaired) electrons. The maximum Gasteiger partial charge on any atom is 0.282 e. The van der Waals surface area contributed by atoms with Crippen LogP contribution in [-0.4, -0.2) is 68.6 Å². The van der Waals surface area contributed by atoms with Crippen LogP contribution in [0, 0.1) is 0 Å². The van der Waals surface area contributed by atoms with Gasteiger partial charge in [0.05, 0.1) is 6.61 Å². The quantitative estimate of drug-likeness (QED) is 0.619. The van der Waals surface area contributed by atoms with Crippen LogP contribution in [0.5, 0.6) is 0 Å². The predicted octanol–water partition coefficient (Wildman–Crippen LogP) is -0.344. The molecule has 1 N–H and O–H groups in total. The lowest BCUT2D eigenvalue weighted by atomic mass is 10.5. The van der Waals surface area contributed by atoms with E-state index in [1.165, 1.54) is 8.61 Å². The first-order valence-corrected chi connectivity index (χ1v) is 7.26. The Hall–Kier alpha value is -0.210. The molecule has 102 valence electrons. The summed E-state index contributed by atoms with van der Waals surface area (Å²) in [4.78, 5) is 0. The monoisotopic (exact) mass is 266 g/mol. The Bertz CT molecular complexity index is 316. The summed E-state index contributed by atoms with van der Waals surface area (Å²) in [7, 11) is -0.295. The molecule has 0 aromatic carbocycles. The fraction of sp³-hybridized carbons (Fsp3) is 1.00. The van der Waals surface area contributed by atoms with E-state index in [-0.39, 0.29) is 12.6 Å². The van der Waals surface area contributed by atoms with Crippen molar-refractivity contribution in [3.63, 3.8) is 0 Å². The lowest BCUT2D eigenvalue weighted by Gasteiger charge is -2.27. The highest BCUT2D eigenvalue weighted by molar-refractivity contribution is 7.86. The van der Waals surface area contributed by atoms with Crippen molar-refractivity contribution in [3.8, 4) is 0 Å². The average Bonchev–Trinajstić information content (AvgIpc) is 3.10. The van der Waals surface area contributed by atoms with Crippen LogP contribution < -0.4 is 0 Å². The summed E-state index contributed by atoms with van der Waals surface area (Å²) in [5.74, 6) is 0. The third kappa shape index (κ3) is 4.18. The van der Waals surface area contributed by atoms with Crippen LogP contribution in [0.4, 0.5) is 0 Å². The molecular weight excluding hydrogens is 244 g/mol. The molecule has 0 saturated heterocycles. The first kappa shape index (κ1) is 14.8. The smallest absolute Gasteiger partial charge is 0.282 e. The fourth-order valence-electron chi connectivity index (χ4n) is 1.62. The molecule has 1 aliphatic carbocycles. The van der Waals surface area contributed by atoms with E-state index in [2.05, 4.69) is 0 Å². The Labute approximate surface area is 103 Å². The largest absolute Gasteiger partial charge is 0.396 e. The van der Waals surface area contributed by atoms with Crippen molar-refractivity contribution in [2.24, 2.45) is 0 Å². The summed E-state index contributed by atoms with van der Waals surface area (Å²) in [6, 6.07) is 0.131. The van der Waals surface area contributed by atoms with Gasteiger partial charge in [0.25, 0.3) is 10.2 Å². The minimum atomic E-state index is -3.41. The number of hydrogen-bond donors (Lipinski definition) is 1. The van der Waals surface area contributed by atoms with E-state index in [1.807, 2.05) is 0 Å². The van der Waals surface area contributed by atoms with Crippen LogP contribution in [-0.2, 0) is 14.9 Å². The molecule has 1 fully saturated rings. The Balaban J connectivity index is 2.62. The molecule has 0 spiro atoms. The van der Waals surface area contributed by atoms with Gasteiger partial charge in [-0.3, -0.25) is 0 Å². The minimum absolute atomic E-state index is 0.00135. The van der Waals surface area contributed by atoms with Gasteiger partial charge in [-0.2, -0.15) is 17.0 Å². The van der Waals surface area contributed by atoms with Crippen molar-refractivity contribution >= 4 is 10.2 Å². The molecule has 0 aromatic rings. The molecule has 0 aromatic heterocycles. The minimum Gasteiger partial charge on any atom is -0.396 e. The Morgan fingerprint density at radius 3 is 2.47 bits per heavy atom. The number of ether oxygens (including phenoxy) is 1. The van der Waals surface area contributed by atoms with Gasteiger partial charge in [-0.1, -0.05) is 0 Å². The lowest BCUT2D eigenvalue weighted by molar-refractivity contribution is 0.174. The van der Waals surface area contributed by atoms with Crippen LogP contribution in [0.15, 0.2) is 0 Å². The van der Waals surface area contributed by atoms with Crippen LogP contribution >= 0.6 is 0 Å². The van der Waals surface area contributed by atoms with Gasteiger partial charge in [0.2, 0.25) is 0 Å². The van der Waals surface area contributed by atoms with Gasteiger partial charge in [0, 0.05) is 39.9 Å².